The normalized spacial score (nSPS) is 11.3. The molecular formula is C12H9BrClN. The van der Waals surface area contributed by atoms with Crippen molar-refractivity contribution in [1.29, 1.82) is 0 Å². The number of pyridine rings is 1. The first-order chi connectivity index (χ1) is 7.31. The van der Waals surface area contributed by atoms with Gasteiger partial charge in [-0.15, -0.1) is 0 Å². The lowest BCUT2D eigenvalue weighted by Gasteiger charge is -2.00. The summed E-state index contributed by atoms with van der Waals surface area (Å²) in [7, 11) is 0. The molecule has 76 valence electrons. The SMILES string of the molecule is Clc1ccnc2ccc(C=CCBr)cc12. The average molecular weight is 283 g/mol. The number of nitrogens with zero attached hydrogens (tertiary/aromatic N) is 1. The molecule has 0 aliphatic carbocycles. The Balaban J connectivity index is 2.54. The van der Waals surface area contributed by atoms with Crippen LogP contribution in [0.3, 0.4) is 0 Å². The van der Waals surface area contributed by atoms with Crippen molar-refractivity contribution in [2.75, 3.05) is 5.33 Å². The van der Waals surface area contributed by atoms with E-state index < -0.39 is 0 Å². The van der Waals surface area contributed by atoms with E-state index in [-0.39, 0.29) is 0 Å². The molecule has 1 aromatic carbocycles. The van der Waals surface area contributed by atoms with Gasteiger partial charge in [0.25, 0.3) is 0 Å². The molecule has 0 atom stereocenters. The Morgan fingerprint density at radius 2 is 2.20 bits per heavy atom. The fourth-order valence-corrected chi connectivity index (χ4v) is 1.81. The van der Waals surface area contributed by atoms with Gasteiger partial charge in [-0.05, 0) is 23.8 Å². The van der Waals surface area contributed by atoms with Gasteiger partial charge in [-0.1, -0.05) is 45.7 Å². The second-order valence-corrected chi connectivity index (χ2v) is 4.18. The molecule has 0 saturated heterocycles. The van der Waals surface area contributed by atoms with E-state index in [2.05, 4.69) is 27.0 Å². The maximum atomic E-state index is 6.09. The molecule has 0 aliphatic heterocycles. The van der Waals surface area contributed by atoms with Crippen LogP contribution in [0.25, 0.3) is 17.0 Å². The second kappa shape index (κ2) is 4.77. The lowest BCUT2D eigenvalue weighted by molar-refractivity contribution is 1.41. The number of fused-ring (bicyclic) bond motifs is 1. The molecule has 1 heterocycles. The highest BCUT2D eigenvalue weighted by Gasteiger charge is 1.99. The van der Waals surface area contributed by atoms with Crippen molar-refractivity contribution >= 4 is 44.5 Å². The van der Waals surface area contributed by atoms with Gasteiger partial charge in [0.1, 0.15) is 0 Å². The van der Waals surface area contributed by atoms with Gasteiger partial charge in [-0.2, -0.15) is 0 Å². The summed E-state index contributed by atoms with van der Waals surface area (Å²) in [4.78, 5) is 4.25. The first-order valence-electron chi connectivity index (χ1n) is 4.58. The minimum Gasteiger partial charge on any atom is -0.256 e. The van der Waals surface area contributed by atoms with Crippen LogP contribution < -0.4 is 0 Å². The van der Waals surface area contributed by atoms with Crippen LogP contribution >= 0.6 is 27.5 Å². The van der Waals surface area contributed by atoms with Crippen LogP contribution in [-0.2, 0) is 0 Å². The monoisotopic (exact) mass is 281 g/mol. The summed E-state index contributed by atoms with van der Waals surface area (Å²) in [6.45, 7) is 0. The van der Waals surface area contributed by atoms with Crippen molar-refractivity contribution in [2.24, 2.45) is 0 Å². The van der Waals surface area contributed by atoms with E-state index >= 15 is 0 Å². The van der Waals surface area contributed by atoms with Gasteiger partial charge >= 0.3 is 0 Å². The summed E-state index contributed by atoms with van der Waals surface area (Å²) >= 11 is 9.44. The Morgan fingerprint density at radius 3 is 3.00 bits per heavy atom. The van der Waals surface area contributed by atoms with Crippen molar-refractivity contribution in [1.82, 2.24) is 4.98 Å². The molecule has 0 unspecified atom stereocenters. The highest BCUT2D eigenvalue weighted by atomic mass is 79.9. The Labute approximate surface area is 102 Å². The third-order valence-electron chi connectivity index (χ3n) is 2.11. The number of rotatable bonds is 2. The first kappa shape index (κ1) is 10.7. The molecule has 1 aromatic heterocycles. The molecule has 0 amide bonds. The molecule has 0 bridgehead atoms. The van der Waals surface area contributed by atoms with Gasteiger partial charge in [-0.3, -0.25) is 4.98 Å². The lowest BCUT2D eigenvalue weighted by Crippen LogP contribution is -1.80. The van der Waals surface area contributed by atoms with Gasteiger partial charge < -0.3 is 0 Å². The van der Waals surface area contributed by atoms with Crippen molar-refractivity contribution in [2.45, 2.75) is 0 Å². The van der Waals surface area contributed by atoms with E-state index in [0.29, 0.717) is 0 Å². The predicted octanol–water partition coefficient (Wildman–Crippen LogP) is 4.30. The number of allylic oxidation sites excluding steroid dienone is 1. The molecule has 15 heavy (non-hydrogen) atoms. The maximum absolute atomic E-state index is 6.09. The summed E-state index contributed by atoms with van der Waals surface area (Å²) in [5, 5.41) is 2.59. The number of hydrogen-bond donors (Lipinski definition) is 0. The molecule has 0 N–H and O–H groups in total. The molecular weight excluding hydrogens is 273 g/mol. The van der Waals surface area contributed by atoms with Crippen LogP contribution in [-0.4, -0.2) is 10.3 Å². The summed E-state index contributed by atoms with van der Waals surface area (Å²) in [5.41, 5.74) is 2.07. The third kappa shape index (κ3) is 2.39. The van der Waals surface area contributed by atoms with E-state index in [0.717, 1.165) is 26.8 Å². The third-order valence-corrected chi connectivity index (χ3v) is 2.82. The predicted molar refractivity (Wildman–Crippen MR) is 69.6 cm³/mol. The molecule has 0 spiro atoms. The number of aromatic nitrogens is 1. The molecule has 2 aromatic rings. The second-order valence-electron chi connectivity index (χ2n) is 3.13. The first-order valence-corrected chi connectivity index (χ1v) is 6.08. The van der Waals surface area contributed by atoms with E-state index in [1.807, 2.05) is 30.3 Å². The Morgan fingerprint density at radius 1 is 1.33 bits per heavy atom. The van der Waals surface area contributed by atoms with Crippen LogP contribution in [0, 0.1) is 0 Å². The molecule has 1 nitrogen and oxygen atoms in total. The quantitative estimate of drug-likeness (QED) is 0.749. The van der Waals surface area contributed by atoms with Gasteiger partial charge in [0.05, 0.1) is 10.5 Å². The molecule has 0 radical (unpaired) electrons. The number of hydrogen-bond acceptors (Lipinski definition) is 1. The van der Waals surface area contributed by atoms with Crippen LogP contribution in [0.5, 0.6) is 0 Å². The Kier molecular flexibility index (Phi) is 3.39. The Hall–Kier alpha value is -0.860. The van der Waals surface area contributed by atoms with Crippen molar-refractivity contribution in [3.05, 3.63) is 47.1 Å². The molecule has 0 aliphatic rings. The standard InChI is InChI=1S/C12H9BrClN/c13-6-1-2-9-3-4-12-10(8-9)11(14)5-7-15-12/h1-5,7-8H,6H2. The summed E-state index contributed by atoms with van der Waals surface area (Å²) in [5.74, 6) is 0. The minimum absolute atomic E-state index is 0.745. The van der Waals surface area contributed by atoms with Gasteiger partial charge in [0, 0.05) is 16.9 Å². The highest BCUT2D eigenvalue weighted by molar-refractivity contribution is 9.09. The summed E-state index contributed by atoms with van der Waals surface area (Å²) in [6, 6.07) is 7.87. The van der Waals surface area contributed by atoms with Crippen molar-refractivity contribution in [3.8, 4) is 0 Å². The molecule has 3 heteroatoms. The summed E-state index contributed by atoms with van der Waals surface area (Å²) in [6.07, 6.45) is 5.82. The van der Waals surface area contributed by atoms with E-state index in [9.17, 15) is 0 Å². The number of alkyl halides is 1. The molecule has 2 rings (SSSR count). The van der Waals surface area contributed by atoms with Crippen molar-refractivity contribution < 1.29 is 0 Å². The largest absolute Gasteiger partial charge is 0.256 e. The summed E-state index contributed by atoms with van der Waals surface area (Å²) < 4.78 is 0. The zero-order chi connectivity index (χ0) is 10.7. The fourth-order valence-electron chi connectivity index (χ4n) is 1.41. The van der Waals surface area contributed by atoms with Crippen LogP contribution in [0.15, 0.2) is 36.5 Å². The van der Waals surface area contributed by atoms with Gasteiger partial charge in [0.2, 0.25) is 0 Å². The zero-order valence-electron chi connectivity index (χ0n) is 7.95. The fraction of sp³-hybridized carbons (Fsp3) is 0.0833. The molecule has 0 saturated carbocycles. The van der Waals surface area contributed by atoms with Gasteiger partial charge in [0.15, 0.2) is 0 Å². The minimum atomic E-state index is 0.745. The number of benzene rings is 1. The maximum Gasteiger partial charge on any atom is 0.0717 e. The van der Waals surface area contributed by atoms with Gasteiger partial charge in [-0.25, -0.2) is 0 Å². The Bertz CT molecular complexity index is 508. The van der Waals surface area contributed by atoms with Crippen LogP contribution in [0.4, 0.5) is 0 Å². The highest BCUT2D eigenvalue weighted by Crippen LogP contribution is 2.22. The van der Waals surface area contributed by atoms with E-state index in [1.165, 1.54) is 0 Å². The van der Waals surface area contributed by atoms with Crippen LogP contribution in [0.2, 0.25) is 5.02 Å². The van der Waals surface area contributed by atoms with E-state index in [1.54, 1.807) is 6.20 Å². The van der Waals surface area contributed by atoms with Crippen LogP contribution in [0.1, 0.15) is 5.56 Å². The smallest absolute Gasteiger partial charge is 0.0717 e. The number of halogens is 2. The van der Waals surface area contributed by atoms with E-state index in [4.69, 9.17) is 11.6 Å². The lowest BCUT2D eigenvalue weighted by atomic mass is 10.1. The zero-order valence-corrected chi connectivity index (χ0v) is 10.3. The molecule has 0 fully saturated rings. The van der Waals surface area contributed by atoms with Crippen molar-refractivity contribution in [3.63, 3.8) is 0 Å². The average Bonchev–Trinajstić information content (AvgIpc) is 2.27. The topological polar surface area (TPSA) is 12.9 Å².